The molecule has 19 heavy (non-hydrogen) atoms. The van der Waals surface area contributed by atoms with E-state index in [0.717, 1.165) is 17.2 Å². The zero-order valence-corrected chi connectivity index (χ0v) is 13.2. The Morgan fingerprint density at radius 1 is 0.895 bits per heavy atom. The van der Waals surface area contributed by atoms with E-state index >= 15 is 0 Å². The van der Waals surface area contributed by atoms with Crippen molar-refractivity contribution < 1.29 is 13.2 Å². The topological polar surface area (TPSA) is 9.23 Å². The van der Waals surface area contributed by atoms with Gasteiger partial charge in [0.05, 0.1) is 5.60 Å². The summed E-state index contributed by atoms with van der Waals surface area (Å²) >= 11 is 0. The Morgan fingerprint density at radius 2 is 1.47 bits per heavy atom. The van der Waals surface area contributed by atoms with Crippen molar-refractivity contribution in [3.05, 3.63) is 59.7 Å². The zero-order chi connectivity index (χ0) is 14.0. The maximum atomic E-state index is 13.2. The lowest BCUT2D eigenvalue weighted by atomic mass is 9.95. The summed E-state index contributed by atoms with van der Waals surface area (Å²) in [7, 11) is 0.662. The van der Waals surface area contributed by atoms with Crippen molar-refractivity contribution >= 4 is 10.5 Å². The van der Waals surface area contributed by atoms with Crippen LogP contribution in [0.5, 0.6) is 0 Å². The highest BCUT2D eigenvalue weighted by Crippen LogP contribution is 2.27. The van der Waals surface area contributed by atoms with E-state index in [2.05, 4.69) is 0 Å². The van der Waals surface area contributed by atoms with Crippen molar-refractivity contribution in [1.29, 1.82) is 0 Å². The molecule has 0 aromatic heterocycles. The van der Waals surface area contributed by atoms with Crippen LogP contribution in [0.25, 0.3) is 11.1 Å². The van der Waals surface area contributed by atoms with Gasteiger partial charge in [-0.15, -0.1) is 0 Å². The first-order valence-electron chi connectivity index (χ1n) is 6.05. The molecule has 0 aliphatic carbocycles. The van der Waals surface area contributed by atoms with Crippen LogP contribution in [0.4, 0.5) is 8.78 Å². The Labute approximate surface area is 114 Å². The maximum Gasteiger partial charge on any atom is 0.159 e. The average Bonchev–Trinajstić information content (AvgIpc) is 2.42. The van der Waals surface area contributed by atoms with Gasteiger partial charge < -0.3 is 4.43 Å². The van der Waals surface area contributed by atoms with Crippen molar-refractivity contribution in [1.82, 2.24) is 0 Å². The van der Waals surface area contributed by atoms with Gasteiger partial charge in [-0.2, -0.15) is 0 Å². The molecule has 0 aliphatic heterocycles. The predicted molar refractivity (Wildman–Crippen MR) is 75.8 cm³/mol. The lowest BCUT2D eigenvalue weighted by molar-refractivity contribution is 0.123. The second-order valence-corrected chi connectivity index (χ2v) is 5.33. The van der Waals surface area contributed by atoms with Crippen LogP contribution >= 0.6 is 0 Å². The van der Waals surface area contributed by atoms with E-state index in [1.54, 1.807) is 6.07 Å². The molecule has 0 fully saturated rings. The summed E-state index contributed by atoms with van der Waals surface area (Å²) in [5.74, 6) is -1.66. The summed E-state index contributed by atoms with van der Waals surface area (Å²) in [6.07, 6.45) is 0. The van der Waals surface area contributed by atoms with Gasteiger partial charge in [0.25, 0.3) is 0 Å². The summed E-state index contributed by atoms with van der Waals surface area (Å²) < 4.78 is 31.6. The molecule has 4 heteroatoms. The smallest absolute Gasteiger partial charge is 0.159 e. The lowest BCUT2D eigenvalue weighted by Gasteiger charge is -2.24. The third-order valence-electron chi connectivity index (χ3n) is 3.34. The fourth-order valence-electron chi connectivity index (χ4n) is 1.86. The molecule has 2 aromatic carbocycles. The van der Waals surface area contributed by atoms with Crippen LogP contribution in [-0.4, -0.2) is 10.5 Å². The molecule has 0 N–H and O–H groups in total. The quantitative estimate of drug-likeness (QED) is 0.784. The third-order valence-corrected chi connectivity index (χ3v) is 4.36. The molecular formula is C15H16F2OSi. The van der Waals surface area contributed by atoms with E-state index in [9.17, 15) is 8.78 Å². The number of benzene rings is 2. The van der Waals surface area contributed by atoms with Gasteiger partial charge in [0, 0.05) is 0 Å². The molecule has 0 unspecified atom stereocenters. The Hall–Kier alpha value is -1.52. The van der Waals surface area contributed by atoms with Crippen molar-refractivity contribution in [2.75, 3.05) is 0 Å². The Balaban J connectivity index is 2.35. The molecule has 0 aliphatic rings. The minimum Gasteiger partial charge on any atom is -0.419 e. The van der Waals surface area contributed by atoms with E-state index in [0.29, 0.717) is 16.0 Å². The highest BCUT2D eigenvalue weighted by molar-refractivity contribution is 5.98. The zero-order valence-electron chi connectivity index (χ0n) is 11.2. The largest absolute Gasteiger partial charge is 0.419 e. The molecule has 0 amide bonds. The minimum absolute atomic E-state index is 0.307. The number of halogens is 2. The van der Waals surface area contributed by atoms with Gasteiger partial charge in [-0.3, -0.25) is 0 Å². The van der Waals surface area contributed by atoms with Crippen molar-refractivity contribution in [2.45, 2.75) is 19.4 Å². The van der Waals surface area contributed by atoms with Gasteiger partial charge >= 0.3 is 0 Å². The molecule has 0 heterocycles. The molecule has 0 radical (unpaired) electrons. The van der Waals surface area contributed by atoms with Crippen LogP contribution in [0.2, 0.25) is 0 Å². The second-order valence-electron chi connectivity index (χ2n) is 4.92. The molecule has 1 nitrogen and oxygen atoms in total. The molecule has 0 bridgehead atoms. The minimum atomic E-state index is -0.829. The third kappa shape index (κ3) is 2.91. The van der Waals surface area contributed by atoms with Crippen LogP contribution < -0.4 is 0 Å². The second kappa shape index (κ2) is 5.23. The summed E-state index contributed by atoms with van der Waals surface area (Å²) in [5.41, 5.74) is 2.27. The summed E-state index contributed by atoms with van der Waals surface area (Å²) in [5, 5.41) is 0. The number of hydrogen-bond donors (Lipinski definition) is 0. The number of rotatable bonds is 3. The lowest BCUT2D eigenvalue weighted by Crippen LogP contribution is -2.19. The van der Waals surface area contributed by atoms with E-state index in [-0.39, 0.29) is 5.60 Å². The Bertz CT molecular complexity index is 579. The van der Waals surface area contributed by atoms with E-state index in [1.807, 2.05) is 38.1 Å². The fourth-order valence-corrected chi connectivity index (χ4v) is 2.09. The molecule has 0 atom stereocenters. The van der Waals surface area contributed by atoms with Gasteiger partial charge in [-0.1, -0.05) is 30.3 Å². The van der Waals surface area contributed by atoms with Crippen molar-refractivity contribution in [3.8, 4) is 11.1 Å². The van der Waals surface area contributed by atoms with Crippen LogP contribution in [0.1, 0.15) is 19.4 Å². The standard InChI is InChI=1S/C15H16F2OSi/c1-15(2,18-19)12-6-3-10(4-7-12)11-5-8-13(16)14(17)9-11/h3-9H,1-2,19H3. The normalized spacial score (nSPS) is 11.8. The molecular weight excluding hydrogens is 262 g/mol. The van der Waals surface area contributed by atoms with Gasteiger partial charge in [0.1, 0.15) is 10.5 Å². The van der Waals surface area contributed by atoms with Crippen LogP contribution in [-0.2, 0) is 10.0 Å². The fraction of sp³-hybridized carbons (Fsp3) is 0.200. The van der Waals surface area contributed by atoms with Gasteiger partial charge in [-0.25, -0.2) is 8.78 Å². The average molecular weight is 278 g/mol. The monoisotopic (exact) mass is 278 g/mol. The Morgan fingerprint density at radius 3 is 2.00 bits per heavy atom. The number of hydrogen-bond acceptors (Lipinski definition) is 1. The molecule has 2 rings (SSSR count). The highest BCUT2D eigenvalue weighted by Gasteiger charge is 2.18. The van der Waals surface area contributed by atoms with E-state index in [4.69, 9.17) is 4.43 Å². The van der Waals surface area contributed by atoms with Gasteiger partial charge in [0.15, 0.2) is 11.6 Å². The SMILES string of the molecule is CC(C)(O[SiH3])c1ccc(-c2ccc(F)c(F)c2)cc1. The Kier molecular flexibility index (Phi) is 3.82. The van der Waals surface area contributed by atoms with Crippen LogP contribution in [0.15, 0.2) is 42.5 Å². The van der Waals surface area contributed by atoms with Crippen molar-refractivity contribution in [3.63, 3.8) is 0 Å². The molecule has 100 valence electrons. The molecule has 0 spiro atoms. The van der Waals surface area contributed by atoms with E-state index in [1.165, 1.54) is 6.07 Å². The highest BCUT2D eigenvalue weighted by atomic mass is 28.2. The first kappa shape index (κ1) is 13.9. The summed E-state index contributed by atoms with van der Waals surface area (Å²) in [6, 6.07) is 11.6. The molecule has 0 saturated carbocycles. The first-order valence-corrected chi connectivity index (χ1v) is 6.87. The predicted octanol–water partition coefficient (Wildman–Crippen LogP) is 3.16. The maximum absolute atomic E-state index is 13.2. The van der Waals surface area contributed by atoms with Crippen LogP contribution in [0, 0.1) is 11.6 Å². The summed E-state index contributed by atoms with van der Waals surface area (Å²) in [6.45, 7) is 4.01. The van der Waals surface area contributed by atoms with Gasteiger partial charge in [-0.05, 0) is 42.7 Å². The molecule has 2 aromatic rings. The van der Waals surface area contributed by atoms with Crippen molar-refractivity contribution in [2.24, 2.45) is 0 Å². The van der Waals surface area contributed by atoms with E-state index < -0.39 is 11.6 Å². The van der Waals surface area contributed by atoms with Gasteiger partial charge in [0.2, 0.25) is 0 Å². The summed E-state index contributed by atoms with van der Waals surface area (Å²) in [4.78, 5) is 0. The first-order chi connectivity index (χ1) is 8.94. The molecule has 0 saturated heterocycles. The van der Waals surface area contributed by atoms with Crippen LogP contribution in [0.3, 0.4) is 0 Å².